The molecule has 1 aliphatic heterocycles. The van der Waals surface area contributed by atoms with Crippen LogP contribution < -0.4 is 5.32 Å². The van der Waals surface area contributed by atoms with Gasteiger partial charge in [0, 0.05) is 16.0 Å². The molecule has 2 heterocycles. The summed E-state index contributed by atoms with van der Waals surface area (Å²) in [6.45, 7) is 2.13. The third kappa shape index (κ3) is 2.03. The Labute approximate surface area is 125 Å². The van der Waals surface area contributed by atoms with Crippen LogP contribution in [-0.4, -0.2) is 15.1 Å². The molecule has 0 aliphatic carbocycles. The smallest absolute Gasteiger partial charge is 0.102 e. The molecule has 2 aromatic rings. The fourth-order valence-electron chi connectivity index (χ4n) is 2.41. The molecule has 1 aromatic heterocycles. The van der Waals surface area contributed by atoms with E-state index in [4.69, 9.17) is 12.2 Å². The minimum atomic E-state index is -0.348. The fourth-order valence-corrected chi connectivity index (χ4v) is 2.93. The van der Waals surface area contributed by atoms with Crippen molar-refractivity contribution >= 4 is 39.7 Å². The highest BCUT2D eigenvalue weighted by molar-refractivity contribution is 9.10. The highest BCUT2D eigenvalue weighted by atomic mass is 79.9. The molecular weight excluding hydrogens is 322 g/mol. The van der Waals surface area contributed by atoms with E-state index in [-0.39, 0.29) is 5.54 Å². The van der Waals surface area contributed by atoms with Gasteiger partial charge in [-0.3, -0.25) is 0 Å². The maximum Gasteiger partial charge on any atom is 0.102 e. The molecule has 0 spiro atoms. The summed E-state index contributed by atoms with van der Waals surface area (Å²) in [5.41, 5.74) is 2.78. The van der Waals surface area contributed by atoms with Crippen LogP contribution in [0.5, 0.6) is 0 Å². The van der Waals surface area contributed by atoms with E-state index in [1.807, 2.05) is 29.1 Å². The van der Waals surface area contributed by atoms with Crippen molar-refractivity contribution in [1.29, 1.82) is 0 Å². The van der Waals surface area contributed by atoms with Crippen LogP contribution in [-0.2, 0) is 5.54 Å². The number of rotatable bonds is 2. The molecule has 0 radical (unpaired) electrons. The Balaban J connectivity index is 2.19. The molecule has 1 aliphatic rings. The summed E-state index contributed by atoms with van der Waals surface area (Å²) in [6.07, 6.45) is 3.71. The fraction of sp³-hybridized carbons (Fsp3) is 0.143. The zero-order valence-corrected chi connectivity index (χ0v) is 12.7. The van der Waals surface area contributed by atoms with Gasteiger partial charge in [0.15, 0.2) is 0 Å². The first-order chi connectivity index (χ1) is 9.13. The van der Waals surface area contributed by atoms with Gasteiger partial charge in [-0.1, -0.05) is 40.3 Å². The molecule has 96 valence electrons. The van der Waals surface area contributed by atoms with Crippen LogP contribution in [0.15, 0.2) is 46.7 Å². The maximum absolute atomic E-state index is 5.05. The Morgan fingerprint density at radius 1 is 1.42 bits per heavy atom. The van der Waals surface area contributed by atoms with Crippen LogP contribution in [0, 0.1) is 0 Å². The minimum Gasteiger partial charge on any atom is -0.369 e. The second-order valence-electron chi connectivity index (χ2n) is 4.62. The van der Waals surface area contributed by atoms with E-state index in [0.717, 1.165) is 21.4 Å². The molecule has 3 rings (SSSR count). The molecule has 19 heavy (non-hydrogen) atoms. The number of allylic oxidation sites excluding steroid dienone is 1. The Kier molecular flexibility index (Phi) is 3.03. The molecule has 0 bridgehead atoms. The van der Waals surface area contributed by atoms with E-state index in [0.29, 0.717) is 0 Å². The van der Waals surface area contributed by atoms with Gasteiger partial charge in [-0.25, -0.2) is 4.68 Å². The molecule has 0 amide bonds. The Morgan fingerprint density at radius 3 is 3.00 bits per heavy atom. The lowest BCUT2D eigenvalue weighted by Crippen LogP contribution is -2.44. The first kappa shape index (κ1) is 12.6. The molecule has 5 heteroatoms. The molecule has 0 saturated heterocycles. The Bertz CT molecular complexity index is 677. The average Bonchev–Trinajstić information content (AvgIpc) is 2.87. The molecular formula is C14H12BrN3S. The first-order valence-corrected chi connectivity index (χ1v) is 7.15. The second kappa shape index (κ2) is 4.58. The van der Waals surface area contributed by atoms with Crippen molar-refractivity contribution in [3.63, 3.8) is 0 Å². The van der Waals surface area contributed by atoms with Crippen LogP contribution in [0.4, 0.5) is 0 Å². The van der Waals surface area contributed by atoms with Crippen LogP contribution in [0.1, 0.15) is 18.2 Å². The van der Waals surface area contributed by atoms with Crippen LogP contribution in [0.3, 0.4) is 0 Å². The lowest BCUT2D eigenvalue weighted by atomic mass is 9.87. The monoisotopic (exact) mass is 333 g/mol. The topological polar surface area (TPSA) is 29.9 Å². The molecule has 0 saturated carbocycles. The van der Waals surface area contributed by atoms with Crippen molar-refractivity contribution in [2.24, 2.45) is 0 Å². The number of hydrogen-bond donors (Lipinski definition) is 1. The number of hydrogen-bond acceptors (Lipinski definition) is 3. The molecule has 3 nitrogen and oxygen atoms in total. The van der Waals surface area contributed by atoms with E-state index in [9.17, 15) is 0 Å². The highest BCUT2D eigenvalue weighted by Gasteiger charge is 2.35. The Hall–Kier alpha value is -1.46. The highest BCUT2D eigenvalue weighted by Crippen LogP contribution is 2.33. The van der Waals surface area contributed by atoms with E-state index in [2.05, 4.69) is 45.4 Å². The van der Waals surface area contributed by atoms with Gasteiger partial charge >= 0.3 is 0 Å². The van der Waals surface area contributed by atoms with E-state index in [1.165, 1.54) is 0 Å². The number of benzene rings is 1. The molecule has 1 unspecified atom stereocenters. The number of nitrogens with zero attached hydrogens (tertiary/aromatic N) is 2. The predicted molar refractivity (Wildman–Crippen MR) is 83.9 cm³/mol. The van der Waals surface area contributed by atoms with E-state index >= 15 is 0 Å². The van der Waals surface area contributed by atoms with E-state index in [1.54, 1.807) is 11.6 Å². The van der Waals surface area contributed by atoms with Crippen molar-refractivity contribution in [1.82, 2.24) is 15.1 Å². The SMILES string of the molecule is CC1(c2cccc(Br)c2)NC(C=S)=Cn2nccc21. The number of halogens is 1. The molecule has 1 N–H and O–H groups in total. The number of nitrogens with one attached hydrogen (secondary N) is 1. The van der Waals surface area contributed by atoms with Gasteiger partial charge < -0.3 is 5.32 Å². The molecule has 1 atom stereocenters. The van der Waals surface area contributed by atoms with Gasteiger partial charge in [0.2, 0.25) is 0 Å². The maximum atomic E-state index is 5.05. The van der Waals surface area contributed by atoms with Crippen LogP contribution in [0.2, 0.25) is 0 Å². The van der Waals surface area contributed by atoms with Gasteiger partial charge in [0.25, 0.3) is 0 Å². The summed E-state index contributed by atoms with van der Waals surface area (Å²) in [5.74, 6) is 0. The summed E-state index contributed by atoms with van der Waals surface area (Å²) in [6, 6.07) is 10.3. The summed E-state index contributed by atoms with van der Waals surface area (Å²) in [7, 11) is 0. The summed E-state index contributed by atoms with van der Waals surface area (Å²) >= 11 is 8.57. The molecule has 1 aromatic carbocycles. The Morgan fingerprint density at radius 2 is 2.26 bits per heavy atom. The normalized spacial score (nSPS) is 21.3. The first-order valence-electron chi connectivity index (χ1n) is 5.89. The average molecular weight is 334 g/mol. The third-order valence-corrected chi connectivity index (χ3v) is 4.11. The van der Waals surface area contributed by atoms with Gasteiger partial charge in [-0.15, -0.1) is 0 Å². The van der Waals surface area contributed by atoms with Gasteiger partial charge in [0.05, 0.1) is 17.6 Å². The summed E-state index contributed by atoms with van der Waals surface area (Å²) in [4.78, 5) is 0. The second-order valence-corrected chi connectivity index (χ2v) is 5.78. The number of thiocarbonyl (C=S) groups is 1. The predicted octanol–water partition coefficient (Wildman–Crippen LogP) is 3.31. The lowest BCUT2D eigenvalue weighted by molar-refractivity contribution is 0.459. The zero-order chi connectivity index (χ0) is 13.5. The van der Waals surface area contributed by atoms with Crippen molar-refractivity contribution in [3.8, 4) is 0 Å². The van der Waals surface area contributed by atoms with Crippen LogP contribution in [0.25, 0.3) is 6.20 Å². The van der Waals surface area contributed by atoms with Gasteiger partial charge in [-0.05, 0) is 30.7 Å². The summed E-state index contributed by atoms with van der Waals surface area (Å²) in [5, 5.41) is 9.45. The van der Waals surface area contributed by atoms with Crippen LogP contribution >= 0.6 is 28.1 Å². The van der Waals surface area contributed by atoms with Crippen molar-refractivity contribution in [3.05, 3.63) is 58.0 Å². The number of fused-ring (bicyclic) bond motifs is 1. The third-order valence-electron chi connectivity index (χ3n) is 3.37. The largest absolute Gasteiger partial charge is 0.369 e. The van der Waals surface area contributed by atoms with Gasteiger partial charge in [0.1, 0.15) is 5.54 Å². The number of aromatic nitrogens is 2. The standard InChI is InChI=1S/C14H12BrN3S/c1-14(10-3-2-4-11(15)7-10)13-5-6-16-18(13)8-12(9-19)17-14/h2-9,17H,1H3. The van der Waals surface area contributed by atoms with Crippen molar-refractivity contribution < 1.29 is 0 Å². The van der Waals surface area contributed by atoms with Gasteiger partial charge in [-0.2, -0.15) is 5.10 Å². The zero-order valence-electron chi connectivity index (χ0n) is 10.3. The molecule has 0 fully saturated rings. The lowest BCUT2D eigenvalue weighted by Gasteiger charge is -2.36. The van der Waals surface area contributed by atoms with Crippen molar-refractivity contribution in [2.75, 3.05) is 0 Å². The minimum absolute atomic E-state index is 0.348. The van der Waals surface area contributed by atoms with E-state index < -0.39 is 0 Å². The van der Waals surface area contributed by atoms with Crippen molar-refractivity contribution in [2.45, 2.75) is 12.5 Å². The summed E-state index contributed by atoms with van der Waals surface area (Å²) < 4.78 is 2.92. The quantitative estimate of drug-likeness (QED) is 0.855.